The molecule has 1 aliphatic rings. The van der Waals surface area contributed by atoms with Gasteiger partial charge < -0.3 is 16.0 Å². The summed E-state index contributed by atoms with van der Waals surface area (Å²) in [4.78, 5) is 19.3. The number of fused-ring (bicyclic) bond motifs is 2. The lowest BCUT2D eigenvalue weighted by atomic mass is 10.1. The molecule has 5 rings (SSSR count). The maximum Gasteiger partial charge on any atom is 0.259 e. The highest BCUT2D eigenvalue weighted by molar-refractivity contribution is 8.24. The van der Waals surface area contributed by atoms with E-state index < -0.39 is 28.4 Å². The van der Waals surface area contributed by atoms with Crippen molar-refractivity contribution in [3.8, 4) is 0 Å². The molecule has 5 heterocycles. The maximum atomic E-state index is 14.4. The number of hydrogen-bond donors (Lipinski definition) is 4. The first-order valence-corrected chi connectivity index (χ1v) is 12.7. The third kappa shape index (κ3) is 3.79. The lowest BCUT2D eigenvalue weighted by molar-refractivity contribution is 0.0942. The summed E-state index contributed by atoms with van der Waals surface area (Å²) in [7, 11) is -2.66. The van der Waals surface area contributed by atoms with Crippen LogP contribution in [0.25, 0.3) is 11.2 Å². The Labute approximate surface area is 199 Å². The number of pyridine rings is 1. The van der Waals surface area contributed by atoms with Gasteiger partial charge in [0.05, 0.1) is 28.8 Å². The summed E-state index contributed by atoms with van der Waals surface area (Å²) in [5, 5.41) is 11.3. The van der Waals surface area contributed by atoms with Crippen LogP contribution in [0.1, 0.15) is 28.9 Å². The molecule has 1 amide bonds. The third-order valence-electron chi connectivity index (χ3n) is 5.83. The van der Waals surface area contributed by atoms with E-state index in [1.54, 1.807) is 25.3 Å². The van der Waals surface area contributed by atoms with Crippen molar-refractivity contribution in [1.82, 2.24) is 29.5 Å². The molecule has 0 aliphatic carbocycles. The molecule has 1 saturated heterocycles. The summed E-state index contributed by atoms with van der Waals surface area (Å²) in [6.07, 6.45) is 4.24. The Morgan fingerprint density at radius 3 is 2.82 bits per heavy atom. The molecule has 11 nitrogen and oxygen atoms in total. The van der Waals surface area contributed by atoms with Gasteiger partial charge >= 0.3 is 0 Å². The molecule has 1 aliphatic heterocycles. The van der Waals surface area contributed by atoms with E-state index in [0.717, 1.165) is 6.20 Å². The molecule has 180 valence electrons. The predicted octanol–water partition coefficient (Wildman–Crippen LogP) is 2.81. The number of nitrogen functional groups attached to an aromatic ring is 1. The number of aromatic nitrogens is 5. The Kier molecular flexibility index (Phi) is 5.51. The number of amides is 1. The fraction of sp³-hybridized carbons (Fsp3) is 0.300. The monoisotopic (exact) mass is 508 g/mol. The molecule has 0 aromatic carbocycles. The van der Waals surface area contributed by atoms with Crippen LogP contribution in [0.2, 0.25) is 5.02 Å². The first kappa shape index (κ1) is 22.7. The van der Waals surface area contributed by atoms with Crippen molar-refractivity contribution in [2.45, 2.75) is 13.0 Å². The molecule has 0 spiro atoms. The highest BCUT2D eigenvalue weighted by atomic mass is 35.5. The summed E-state index contributed by atoms with van der Waals surface area (Å²) in [6, 6.07) is 2.66. The minimum atomic E-state index is -2.66. The van der Waals surface area contributed by atoms with Crippen molar-refractivity contribution in [3.05, 3.63) is 52.7 Å². The summed E-state index contributed by atoms with van der Waals surface area (Å²) < 4.78 is 37.3. The van der Waals surface area contributed by atoms with Crippen molar-refractivity contribution in [2.75, 3.05) is 35.2 Å². The number of halogens is 2. The van der Waals surface area contributed by atoms with E-state index in [0.29, 0.717) is 30.1 Å². The van der Waals surface area contributed by atoms with Gasteiger partial charge in [-0.05, 0) is 19.1 Å². The second-order valence-electron chi connectivity index (χ2n) is 8.06. The Bertz CT molecular complexity index is 1410. The van der Waals surface area contributed by atoms with Crippen LogP contribution < -0.4 is 16.0 Å². The Hall–Kier alpha value is -3.13. The number of rotatable bonds is 4. The van der Waals surface area contributed by atoms with E-state index in [1.165, 1.54) is 15.2 Å². The van der Waals surface area contributed by atoms with Crippen molar-refractivity contribution >= 4 is 50.9 Å². The molecular formula is C20H22ClFN8O3S. The molecule has 5 N–H and O–H groups in total. The SMILES string of the molecule is C[C@H](NC(=O)c1c(N)nn2cccnc12)c1cc(Cl)c2c(F)cnn2c1N1CCS(O)(O)CC1. The Morgan fingerprint density at radius 1 is 1.35 bits per heavy atom. The summed E-state index contributed by atoms with van der Waals surface area (Å²) in [5.74, 6) is -0.178. The highest BCUT2D eigenvalue weighted by Gasteiger charge is 2.30. The zero-order chi connectivity index (χ0) is 24.2. The van der Waals surface area contributed by atoms with Crippen LogP contribution in [0.15, 0.2) is 30.7 Å². The van der Waals surface area contributed by atoms with Gasteiger partial charge in [-0.3, -0.25) is 13.9 Å². The topological polar surface area (TPSA) is 146 Å². The van der Waals surface area contributed by atoms with Crippen molar-refractivity contribution in [3.63, 3.8) is 0 Å². The first-order valence-electron chi connectivity index (χ1n) is 10.4. The van der Waals surface area contributed by atoms with E-state index in [2.05, 4.69) is 20.5 Å². The Morgan fingerprint density at radius 2 is 2.09 bits per heavy atom. The van der Waals surface area contributed by atoms with Gasteiger partial charge in [-0.1, -0.05) is 11.6 Å². The number of carbonyl (C=O) groups is 1. The maximum absolute atomic E-state index is 14.4. The molecule has 0 saturated carbocycles. The zero-order valence-electron chi connectivity index (χ0n) is 18.0. The quantitative estimate of drug-likeness (QED) is 0.329. The third-order valence-corrected chi connectivity index (χ3v) is 7.79. The minimum Gasteiger partial charge on any atom is -0.381 e. The summed E-state index contributed by atoms with van der Waals surface area (Å²) in [6.45, 7) is 2.39. The van der Waals surface area contributed by atoms with Gasteiger partial charge in [-0.2, -0.15) is 15.7 Å². The second-order valence-corrected chi connectivity index (χ2v) is 10.9. The van der Waals surface area contributed by atoms with Crippen LogP contribution >= 0.6 is 22.2 Å². The van der Waals surface area contributed by atoms with Crippen molar-refractivity contribution in [2.24, 2.45) is 0 Å². The van der Waals surface area contributed by atoms with Crippen LogP contribution in [-0.4, -0.2) is 63.8 Å². The fourth-order valence-corrected chi connectivity index (χ4v) is 5.66. The second kappa shape index (κ2) is 8.27. The van der Waals surface area contributed by atoms with E-state index in [9.17, 15) is 18.3 Å². The number of nitrogens with two attached hydrogens (primary N) is 1. The van der Waals surface area contributed by atoms with Gasteiger partial charge in [-0.25, -0.2) is 18.4 Å². The number of anilines is 2. The average Bonchev–Trinajstić information content (AvgIpc) is 3.33. The predicted molar refractivity (Wildman–Crippen MR) is 128 cm³/mol. The average molecular weight is 509 g/mol. The molecule has 0 bridgehead atoms. The molecule has 4 aromatic heterocycles. The fourth-order valence-electron chi connectivity index (χ4n) is 4.14. The summed E-state index contributed by atoms with van der Waals surface area (Å²) >= 11 is 6.40. The van der Waals surface area contributed by atoms with Crippen LogP contribution in [0, 0.1) is 5.82 Å². The van der Waals surface area contributed by atoms with Gasteiger partial charge in [0.25, 0.3) is 5.91 Å². The highest BCUT2D eigenvalue weighted by Crippen LogP contribution is 2.43. The lowest BCUT2D eigenvalue weighted by Crippen LogP contribution is -2.40. The lowest BCUT2D eigenvalue weighted by Gasteiger charge is -2.42. The smallest absolute Gasteiger partial charge is 0.259 e. The molecule has 1 atom stereocenters. The number of hydrogen-bond acceptors (Lipinski definition) is 8. The molecule has 4 aromatic rings. The zero-order valence-corrected chi connectivity index (χ0v) is 19.6. The standard InChI is InChI=1S/C20H22ClFN8O3S/c1-11(26-19(31)15-17(23)27-29-4-2-3-24-18(15)29)12-9-13(21)16-14(22)10-25-30(16)20(12)28-5-7-34(32,33)8-6-28/h2-4,9-11,32-33H,5-8H2,1H3,(H2,23,27)(H,26,31)/t11-/m0/s1. The van der Waals surface area contributed by atoms with Crippen LogP contribution in [0.5, 0.6) is 0 Å². The van der Waals surface area contributed by atoms with Crippen LogP contribution in [-0.2, 0) is 0 Å². The van der Waals surface area contributed by atoms with Crippen molar-refractivity contribution < 1.29 is 18.3 Å². The van der Waals surface area contributed by atoms with E-state index in [4.69, 9.17) is 17.3 Å². The van der Waals surface area contributed by atoms with E-state index >= 15 is 0 Å². The molecule has 0 unspecified atom stereocenters. The van der Waals surface area contributed by atoms with E-state index in [-0.39, 0.29) is 33.4 Å². The summed E-state index contributed by atoms with van der Waals surface area (Å²) in [5.41, 5.74) is 7.11. The number of nitrogens with zero attached hydrogens (tertiary/aromatic N) is 6. The molecule has 14 heteroatoms. The molecule has 1 fully saturated rings. The van der Waals surface area contributed by atoms with Gasteiger partial charge in [0, 0.05) is 31.0 Å². The van der Waals surface area contributed by atoms with E-state index in [1.807, 2.05) is 4.90 Å². The largest absolute Gasteiger partial charge is 0.381 e. The molecule has 34 heavy (non-hydrogen) atoms. The van der Waals surface area contributed by atoms with Gasteiger partial charge in [0.1, 0.15) is 16.9 Å². The number of nitrogens with one attached hydrogen (secondary N) is 1. The van der Waals surface area contributed by atoms with Crippen molar-refractivity contribution in [1.29, 1.82) is 0 Å². The Balaban J connectivity index is 1.55. The normalized spacial score (nSPS) is 17.7. The minimum absolute atomic E-state index is 0.0347. The number of carbonyl (C=O) groups excluding carboxylic acids is 1. The van der Waals surface area contributed by atoms with Crippen LogP contribution in [0.4, 0.5) is 16.0 Å². The first-order chi connectivity index (χ1) is 16.2. The van der Waals surface area contributed by atoms with Crippen LogP contribution in [0.3, 0.4) is 0 Å². The molecular weight excluding hydrogens is 487 g/mol. The van der Waals surface area contributed by atoms with Gasteiger partial charge in [-0.15, -0.1) is 5.10 Å². The molecule has 0 radical (unpaired) electrons. The van der Waals surface area contributed by atoms with Gasteiger partial charge in [0.15, 0.2) is 17.3 Å². The van der Waals surface area contributed by atoms with Gasteiger partial charge in [0.2, 0.25) is 0 Å².